The Morgan fingerprint density at radius 1 is 1.04 bits per heavy atom. The van der Waals surface area contributed by atoms with Gasteiger partial charge in [0.1, 0.15) is 5.60 Å². The summed E-state index contributed by atoms with van der Waals surface area (Å²) in [7, 11) is 0. The number of alkyl carbamates (subject to hydrolysis) is 1. The maximum atomic E-state index is 12.5. The highest BCUT2D eigenvalue weighted by Gasteiger charge is 2.24. The van der Waals surface area contributed by atoms with E-state index in [1.165, 1.54) is 0 Å². The van der Waals surface area contributed by atoms with E-state index in [-0.39, 0.29) is 18.1 Å². The Hall–Kier alpha value is -1.46. The molecule has 0 heterocycles. The second-order valence-electron chi connectivity index (χ2n) is 8.75. The molecule has 2 amide bonds. The maximum Gasteiger partial charge on any atom is 0.409 e. The van der Waals surface area contributed by atoms with E-state index in [9.17, 15) is 9.59 Å². The van der Waals surface area contributed by atoms with Crippen molar-refractivity contribution >= 4 is 12.2 Å². The van der Waals surface area contributed by atoms with Crippen molar-refractivity contribution in [3.63, 3.8) is 0 Å². The van der Waals surface area contributed by atoms with Gasteiger partial charge >= 0.3 is 12.2 Å². The van der Waals surface area contributed by atoms with E-state index >= 15 is 0 Å². The van der Waals surface area contributed by atoms with E-state index < -0.39 is 11.7 Å². The molecule has 0 saturated heterocycles. The van der Waals surface area contributed by atoms with E-state index in [2.05, 4.69) is 26.1 Å². The fraction of sp³-hybridized carbons (Fsp3) is 0.900. The van der Waals surface area contributed by atoms with Crippen molar-refractivity contribution in [3.05, 3.63) is 0 Å². The molecule has 0 aromatic carbocycles. The van der Waals surface area contributed by atoms with Gasteiger partial charge in [-0.1, -0.05) is 47.5 Å². The molecule has 6 nitrogen and oxygen atoms in total. The summed E-state index contributed by atoms with van der Waals surface area (Å²) in [5.74, 6) is 0.602. The van der Waals surface area contributed by atoms with E-state index in [1.54, 1.807) is 4.90 Å². The third-order valence-electron chi connectivity index (χ3n) is 3.45. The van der Waals surface area contributed by atoms with Gasteiger partial charge in [0.2, 0.25) is 0 Å². The van der Waals surface area contributed by atoms with E-state index in [1.807, 2.05) is 34.6 Å². The first-order chi connectivity index (χ1) is 11.9. The minimum atomic E-state index is -0.548. The molecule has 0 aromatic heterocycles. The van der Waals surface area contributed by atoms with Crippen LogP contribution in [0, 0.1) is 11.8 Å². The van der Waals surface area contributed by atoms with Crippen molar-refractivity contribution < 1.29 is 19.1 Å². The van der Waals surface area contributed by atoms with Gasteiger partial charge in [-0.2, -0.15) is 0 Å². The molecule has 0 rings (SSSR count). The first-order valence-corrected chi connectivity index (χ1v) is 9.85. The average molecular weight is 373 g/mol. The van der Waals surface area contributed by atoms with Crippen LogP contribution in [0.15, 0.2) is 0 Å². The molecule has 1 N–H and O–H groups in total. The van der Waals surface area contributed by atoms with Crippen LogP contribution in [-0.4, -0.2) is 48.4 Å². The van der Waals surface area contributed by atoms with Gasteiger partial charge in [0.15, 0.2) is 0 Å². The number of rotatable bonds is 10. The molecule has 0 spiro atoms. The number of carbonyl (C=O) groups is 2. The lowest BCUT2D eigenvalue weighted by Crippen LogP contribution is -2.48. The number of hydrogen-bond acceptors (Lipinski definition) is 4. The molecule has 6 heteroatoms. The lowest BCUT2D eigenvalue weighted by molar-refractivity contribution is 0.0470. The van der Waals surface area contributed by atoms with Crippen LogP contribution in [0.1, 0.15) is 74.7 Å². The van der Waals surface area contributed by atoms with Crippen LogP contribution in [0.3, 0.4) is 0 Å². The summed E-state index contributed by atoms with van der Waals surface area (Å²) in [6.45, 7) is 17.2. The van der Waals surface area contributed by atoms with Crippen LogP contribution in [0.2, 0.25) is 0 Å². The third kappa shape index (κ3) is 12.8. The van der Waals surface area contributed by atoms with Crippen molar-refractivity contribution in [3.8, 4) is 0 Å². The topological polar surface area (TPSA) is 67.9 Å². The Kier molecular flexibility index (Phi) is 11.3. The molecule has 26 heavy (non-hydrogen) atoms. The van der Waals surface area contributed by atoms with Crippen LogP contribution in [-0.2, 0) is 9.47 Å². The highest BCUT2D eigenvalue weighted by atomic mass is 16.6. The van der Waals surface area contributed by atoms with Gasteiger partial charge in [-0.3, -0.25) is 0 Å². The fourth-order valence-corrected chi connectivity index (χ4v) is 2.39. The van der Waals surface area contributed by atoms with Crippen LogP contribution in [0.25, 0.3) is 0 Å². The normalized spacial score (nSPS) is 12.8. The fourth-order valence-electron chi connectivity index (χ4n) is 2.39. The minimum Gasteiger partial charge on any atom is -0.449 e. The standard InChI is InChI=1S/C20H40N2O4/c1-9-10-11-17(21-18(23)26-20(6,7)8)13-22(12-15(2)3)19(24)25-14-16(4)5/h15-17H,9-14H2,1-8H3,(H,21,23)/t17-/m0/s1. The van der Waals surface area contributed by atoms with E-state index in [0.717, 1.165) is 19.3 Å². The molecule has 0 aliphatic carbocycles. The summed E-state index contributed by atoms with van der Waals surface area (Å²) in [6, 6.07) is -0.157. The first kappa shape index (κ1) is 24.5. The minimum absolute atomic E-state index is 0.157. The molecule has 0 aliphatic rings. The predicted molar refractivity (Wildman–Crippen MR) is 105 cm³/mol. The molecule has 0 saturated carbocycles. The third-order valence-corrected chi connectivity index (χ3v) is 3.45. The molecule has 0 aliphatic heterocycles. The predicted octanol–water partition coefficient (Wildman–Crippen LogP) is 4.82. The lowest BCUT2D eigenvalue weighted by atomic mass is 10.1. The van der Waals surface area contributed by atoms with E-state index in [4.69, 9.17) is 9.47 Å². The zero-order chi connectivity index (χ0) is 20.3. The van der Waals surface area contributed by atoms with Crippen molar-refractivity contribution in [1.29, 1.82) is 0 Å². The Balaban J connectivity index is 4.98. The largest absolute Gasteiger partial charge is 0.449 e. The highest BCUT2D eigenvalue weighted by Crippen LogP contribution is 2.11. The van der Waals surface area contributed by atoms with Crippen LogP contribution in [0.5, 0.6) is 0 Å². The van der Waals surface area contributed by atoms with Crippen molar-refractivity contribution in [2.75, 3.05) is 19.7 Å². The number of hydrogen-bond donors (Lipinski definition) is 1. The number of nitrogens with one attached hydrogen (secondary N) is 1. The number of unbranched alkanes of at least 4 members (excludes halogenated alkanes) is 1. The number of amides is 2. The van der Waals surface area contributed by atoms with Gasteiger partial charge in [0, 0.05) is 19.1 Å². The molecule has 0 bridgehead atoms. The number of ether oxygens (including phenoxy) is 2. The van der Waals surface area contributed by atoms with Gasteiger partial charge in [0.25, 0.3) is 0 Å². The lowest BCUT2D eigenvalue weighted by Gasteiger charge is -2.30. The van der Waals surface area contributed by atoms with Gasteiger partial charge < -0.3 is 19.7 Å². The molecule has 154 valence electrons. The van der Waals surface area contributed by atoms with Crippen LogP contribution >= 0.6 is 0 Å². The number of nitrogens with zero attached hydrogens (tertiary/aromatic N) is 1. The highest BCUT2D eigenvalue weighted by molar-refractivity contribution is 5.69. The van der Waals surface area contributed by atoms with E-state index in [0.29, 0.717) is 25.6 Å². The summed E-state index contributed by atoms with van der Waals surface area (Å²) < 4.78 is 10.8. The van der Waals surface area contributed by atoms with Gasteiger partial charge in [-0.25, -0.2) is 9.59 Å². The Morgan fingerprint density at radius 2 is 1.65 bits per heavy atom. The first-order valence-electron chi connectivity index (χ1n) is 9.85. The smallest absolute Gasteiger partial charge is 0.409 e. The molecular formula is C20H40N2O4. The summed E-state index contributed by atoms with van der Waals surface area (Å²) >= 11 is 0. The Morgan fingerprint density at radius 3 is 2.12 bits per heavy atom. The second kappa shape index (κ2) is 12.0. The zero-order valence-electron chi connectivity index (χ0n) is 18.1. The second-order valence-corrected chi connectivity index (χ2v) is 8.75. The van der Waals surface area contributed by atoms with Crippen molar-refractivity contribution in [1.82, 2.24) is 10.2 Å². The summed E-state index contributed by atoms with van der Waals surface area (Å²) in [5, 5.41) is 2.92. The Labute approximate surface area is 160 Å². The molecular weight excluding hydrogens is 332 g/mol. The van der Waals surface area contributed by atoms with Gasteiger partial charge in [0.05, 0.1) is 6.61 Å². The molecule has 0 radical (unpaired) electrons. The summed E-state index contributed by atoms with van der Waals surface area (Å²) in [6.07, 6.45) is 2.02. The zero-order valence-corrected chi connectivity index (χ0v) is 18.1. The van der Waals surface area contributed by atoms with Gasteiger partial charge in [-0.05, 0) is 39.0 Å². The molecule has 0 fully saturated rings. The van der Waals surface area contributed by atoms with Crippen molar-refractivity contribution in [2.24, 2.45) is 11.8 Å². The van der Waals surface area contributed by atoms with Gasteiger partial charge in [-0.15, -0.1) is 0 Å². The average Bonchev–Trinajstić information content (AvgIpc) is 2.46. The number of carbonyl (C=O) groups excluding carboxylic acids is 2. The summed E-state index contributed by atoms with van der Waals surface area (Å²) in [5.41, 5.74) is -0.548. The molecule has 0 unspecified atom stereocenters. The summed E-state index contributed by atoms with van der Waals surface area (Å²) in [4.78, 5) is 26.3. The Bertz CT molecular complexity index is 417. The maximum absolute atomic E-state index is 12.5. The van der Waals surface area contributed by atoms with Crippen LogP contribution < -0.4 is 5.32 Å². The molecule has 0 aromatic rings. The van der Waals surface area contributed by atoms with Crippen LogP contribution in [0.4, 0.5) is 9.59 Å². The SMILES string of the molecule is CCCC[C@@H](CN(CC(C)C)C(=O)OCC(C)C)NC(=O)OC(C)(C)C. The van der Waals surface area contributed by atoms with Crippen molar-refractivity contribution in [2.45, 2.75) is 86.3 Å². The quantitative estimate of drug-likeness (QED) is 0.597. The monoisotopic (exact) mass is 372 g/mol. The molecule has 1 atom stereocenters.